The van der Waals surface area contributed by atoms with Gasteiger partial charge in [0.05, 0.1) is 15.5 Å². The molecule has 2 aromatic rings. The smallest absolute Gasteiger partial charge is 0.253 e. The van der Waals surface area contributed by atoms with Crippen LogP contribution in [0.4, 0.5) is 5.69 Å². The van der Waals surface area contributed by atoms with Crippen LogP contribution in [-0.2, 0) is 16.6 Å². The lowest BCUT2D eigenvalue weighted by atomic mass is 10.1. The summed E-state index contributed by atoms with van der Waals surface area (Å²) in [5.41, 5.74) is 2.36. The molecule has 172 valence electrons. The molecule has 8 heteroatoms. The predicted octanol–water partition coefficient (Wildman–Crippen LogP) is 4.43. The van der Waals surface area contributed by atoms with Crippen LogP contribution < -0.4 is 10.2 Å². The van der Waals surface area contributed by atoms with Crippen LogP contribution in [0.3, 0.4) is 0 Å². The summed E-state index contributed by atoms with van der Waals surface area (Å²) in [7, 11) is -3.65. The SMILES string of the molecule is O=C(NCc1ccc(N2CCCC2)cc1)c1cc(S(=O)(=O)N2CCCCCC2)ccc1Cl. The first-order valence-corrected chi connectivity index (χ1v) is 13.2. The van der Waals surface area contributed by atoms with Gasteiger partial charge >= 0.3 is 0 Å². The number of amides is 1. The van der Waals surface area contributed by atoms with Crippen LogP contribution in [-0.4, -0.2) is 44.8 Å². The molecule has 32 heavy (non-hydrogen) atoms. The quantitative estimate of drug-likeness (QED) is 0.670. The Balaban J connectivity index is 1.44. The summed E-state index contributed by atoms with van der Waals surface area (Å²) in [6.07, 6.45) is 6.25. The predicted molar refractivity (Wildman–Crippen MR) is 128 cm³/mol. The van der Waals surface area contributed by atoms with Gasteiger partial charge < -0.3 is 10.2 Å². The number of halogens is 1. The van der Waals surface area contributed by atoms with E-state index in [1.165, 1.54) is 41.0 Å². The second-order valence-electron chi connectivity index (χ2n) is 8.50. The lowest BCUT2D eigenvalue weighted by molar-refractivity contribution is 0.0951. The first-order chi connectivity index (χ1) is 15.4. The first kappa shape index (κ1) is 23.1. The Labute approximate surface area is 195 Å². The number of hydrogen-bond acceptors (Lipinski definition) is 4. The van der Waals surface area contributed by atoms with Crippen LogP contribution in [0.25, 0.3) is 0 Å². The summed E-state index contributed by atoms with van der Waals surface area (Å²) in [4.78, 5) is 15.3. The number of sulfonamides is 1. The Hall–Kier alpha value is -2.09. The van der Waals surface area contributed by atoms with Crippen LogP contribution in [0.2, 0.25) is 5.02 Å². The van der Waals surface area contributed by atoms with Crippen molar-refractivity contribution in [3.05, 3.63) is 58.6 Å². The molecular weight excluding hydrogens is 446 g/mol. The third kappa shape index (κ3) is 5.27. The maximum atomic E-state index is 13.1. The van der Waals surface area contributed by atoms with Gasteiger partial charge in [0.1, 0.15) is 0 Å². The lowest BCUT2D eigenvalue weighted by Crippen LogP contribution is -2.32. The molecule has 0 saturated carbocycles. The monoisotopic (exact) mass is 475 g/mol. The molecule has 2 heterocycles. The highest BCUT2D eigenvalue weighted by atomic mass is 35.5. The number of nitrogens with one attached hydrogen (secondary N) is 1. The van der Waals surface area contributed by atoms with E-state index in [2.05, 4.69) is 22.3 Å². The summed E-state index contributed by atoms with van der Waals surface area (Å²) >= 11 is 6.25. The van der Waals surface area contributed by atoms with E-state index in [0.29, 0.717) is 19.6 Å². The second-order valence-corrected chi connectivity index (χ2v) is 10.8. The zero-order chi connectivity index (χ0) is 22.6. The third-order valence-corrected chi connectivity index (χ3v) is 8.47. The van der Waals surface area contributed by atoms with Gasteiger partial charge in [-0.3, -0.25) is 4.79 Å². The zero-order valence-corrected chi connectivity index (χ0v) is 19.8. The minimum Gasteiger partial charge on any atom is -0.372 e. The van der Waals surface area contributed by atoms with Crippen LogP contribution in [0.15, 0.2) is 47.4 Å². The van der Waals surface area contributed by atoms with E-state index in [1.807, 2.05) is 12.1 Å². The maximum Gasteiger partial charge on any atom is 0.253 e. The number of hydrogen-bond donors (Lipinski definition) is 1. The Bertz CT molecular complexity index is 1040. The van der Waals surface area contributed by atoms with Crippen molar-refractivity contribution >= 4 is 33.2 Å². The topological polar surface area (TPSA) is 69.7 Å². The number of anilines is 1. The normalized spacial score (nSPS) is 17.8. The fourth-order valence-electron chi connectivity index (χ4n) is 4.35. The van der Waals surface area contributed by atoms with E-state index in [9.17, 15) is 13.2 Å². The van der Waals surface area contributed by atoms with Gasteiger partial charge in [0.15, 0.2) is 0 Å². The van der Waals surface area contributed by atoms with Gasteiger partial charge in [-0.2, -0.15) is 4.31 Å². The fraction of sp³-hybridized carbons (Fsp3) is 0.458. The molecule has 6 nitrogen and oxygen atoms in total. The maximum absolute atomic E-state index is 13.1. The van der Waals surface area contributed by atoms with Crippen molar-refractivity contribution in [3.63, 3.8) is 0 Å². The van der Waals surface area contributed by atoms with E-state index in [4.69, 9.17) is 11.6 Å². The molecule has 4 rings (SSSR count). The Kier molecular flexibility index (Phi) is 7.38. The summed E-state index contributed by atoms with van der Waals surface area (Å²) < 4.78 is 27.7. The molecule has 0 unspecified atom stereocenters. The fourth-order valence-corrected chi connectivity index (χ4v) is 6.09. The molecule has 0 aliphatic carbocycles. The Morgan fingerprint density at radius 3 is 2.16 bits per heavy atom. The van der Waals surface area contributed by atoms with Crippen molar-refractivity contribution in [2.45, 2.75) is 50.0 Å². The highest BCUT2D eigenvalue weighted by Crippen LogP contribution is 2.25. The molecule has 0 bridgehead atoms. The Morgan fingerprint density at radius 2 is 1.50 bits per heavy atom. The minimum absolute atomic E-state index is 0.115. The van der Waals surface area contributed by atoms with Gasteiger partial charge in [0.25, 0.3) is 5.91 Å². The molecule has 1 N–H and O–H groups in total. The first-order valence-electron chi connectivity index (χ1n) is 11.4. The number of rotatable bonds is 6. The standard InChI is InChI=1S/C24H30ClN3O3S/c25-23-12-11-21(32(30,31)28-15-3-1-2-4-16-28)17-22(23)24(29)26-18-19-7-9-20(10-8-19)27-13-5-6-14-27/h7-12,17H,1-6,13-16,18H2,(H,26,29). The van der Waals surface area contributed by atoms with Crippen LogP contribution >= 0.6 is 11.6 Å². The average molecular weight is 476 g/mol. The van der Waals surface area contributed by atoms with Crippen LogP contribution in [0, 0.1) is 0 Å². The van der Waals surface area contributed by atoms with Gasteiger partial charge in [-0.25, -0.2) is 8.42 Å². The van der Waals surface area contributed by atoms with Crippen molar-refractivity contribution in [2.24, 2.45) is 0 Å². The summed E-state index contributed by atoms with van der Waals surface area (Å²) in [6, 6.07) is 12.5. The minimum atomic E-state index is -3.65. The molecule has 2 fully saturated rings. The molecule has 2 aliphatic heterocycles. The van der Waals surface area contributed by atoms with Gasteiger partial charge in [-0.15, -0.1) is 0 Å². The molecule has 1 amide bonds. The molecule has 0 spiro atoms. The van der Waals surface area contributed by atoms with E-state index in [1.54, 1.807) is 0 Å². The average Bonchev–Trinajstić information content (AvgIpc) is 3.19. The van der Waals surface area contributed by atoms with Crippen molar-refractivity contribution < 1.29 is 13.2 Å². The molecule has 0 radical (unpaired) electrons. The highest BCUT2D eigenvalue weighted by Gasteiger charge is 2.26. The number of carbonyl (C=O) groups is 1. The summed E-state index contributed by atoms with van der Waals surface area (Å²) in [5.74, 6) is -0.383. The van der Waals surface area contributed by atoms with E-state index >= 15 is 0 Å². The highest BCUT2D eigenvalue weighted by molar-refractivity contribution is 7.89. The third-order valence-electron chi connectivity index (χ3n) is 6.25. The molecule has 2 saturated heterocycles. The van der Waals surface area contributed by atoms with Crippen LogP contribution in [0.5, 0.6) is 0 Å². The van der Waals surface area contributed by atoms with Gasteiger partial charge in [0.2, 0.25) is 10.0 Å². The molecule has 0 atom stereocenters. The van der Waals surface area contributed by atoms with Crippen LogP contribution in [0.1, 0.15) is 54.4 Å². The van der Waals surface area contributed by atoms with Crippen molar-refractivity contribution in [1.29, 1.82) is 0 Å². The van der Waals surface area contributed by atoms with E-state index in [0.717, 1.165) is 44.3 Å². The van der Waals surface area contributed by atoms with Gasteiger partial charge in [-0.05, 0) is 61.6 Å². The van der Waals surface area contributed by atoms with Gasteiger partial charge in [0, 0.05) is 38.4 Å². The molecule has 2 aromatic carbocycles. The van der Waals surface area contributed by atoms with Gasteiger partial charge in [-0.1, -0.05) is 36.6 Å². The molecule has 2 aliphatic rings. The number of carbonyl (C=O) groups excluding carboxylic acids is 1. The number of nitrogens with zero attached hydrogens (tertiary/aromatic N) is 2. The number of benzene rings is 2. The zero-order valence-electron chi connectivity index (χ0n) is 18.2. The summed E-state index contributed by atoms with van der Waals surface area (Å²) in [6.45, 7) is 3.55. The van der Waals surface area contributed by atoms with Crippen molar-refractivity contribution in [1.82, 2.24) is 9.62 Å². The molecule has 0 aromatic heterocycles. The lowest BCUT2D eigenvalue weighted by Gasteiger charge is -2.20. The van der Waals surface area contributed by atoms with Crippen molar-refractivity contribution in [2.75, 3.05) is 31.1 Å². The summed E-state index contributed by atoms with van der Waals surface area (Å²) in [5, 5.41) is 3.11. The molecular formula is C24H30ClN3O3S. The van der Waals surface area contributed by atoms with Crippen molar-refractivity contribution in [3.8, 4) is 0 Å². The largest absolute Gasteiger partial charge is 0.372 e. The Morgan fingerprint density at radius 1 is 0.875 bits per heavy atom. The van der Waals surface area contributed by atoms with E-state index in [-0.39, 0.29) is 21.4 Å². The van der Waals surface area contributed by atoms with E-state index < -0.39 is 10.0 Å². The second kappa shape index (κ2) is 10.2.